The Labute approximate surface area is 402 Å². The molecule has 4 aromatic carbocycles. The summed E-state index contributed by atoms with van der Waals surface area (Å²) in [5.41, 5.74) is 5.78. The standard InChI is InChI=1S/C32H16N8.C20H40N6.Cu/c1-2-10-18-17(9-1)25-33-26(18)38-28-21-13-5-6-14-22(21)30(35-28)40-32-24-16-8-7-15-23(24)31(36-32)39-29-20-12-4-3-11-19(20)27(34-29)37-25;1-6-18-22-19(14-11-12-16-25(7-2)8-3)24-20(23-18)21-15-13-17-26(9-4)10-5;/h1-16H;6-17H2,1-5H3,(H,21,22,23,24);/q-2;;+2. The molecule has 2 aliphatic heterocycles. The van der Waals surface area contributed by atoms with E-state index in [1.54, 1.807) is 0 Å². The van der Waals surface area contributed by atoms with Gasteiger partial charge >= 0.3 is 17.1 Å². The van der Waals surface area contributed by atoms with E-state index in [2.05, 4.69) is 64.7 Å². The number of unbranched alkanes of at least 4 members (excludes halogenated alkanes) is 1. The number of hydrogen-bond donors (Lipinski definition) is 1. The van der Waals surface area contributed by atoms with Crippen LogP contribution in [0, 0.1) is 0 Å². The van der Waals surface area contributed by atoms with Crippen LogP contribution in [0.4, 0.5) is 5.95 Å². The summed E-state index contributed by atoms with van der Waals surface area (Å²) in [7, 11) is 0. The molecule has 4 aromatic heterocycles. The van der Waals surface area contributed by atoms with Crippen molar-refractivity contribution in [3.63, 3.8) is 0 Å². The van der Waals surface area contributed by atoms with E-state index in [9.17, 15) is 0 Å². The number of benzene rings is 4. The van der Waals surface area contributed by atoms with E-state index < -0.39 is 0 Å². The fourth-order valence-electron chi connectivity index (χ4n) is 8.48. The fraction of sp³-hybridized carbons (Fsp3) is 0.327. The topological polar surface area (TPSA) is 163 Å². The first kappa shape index (κ1) is 47.0. The quantitative estimate of drug-likeness (QED) is 0.0764. The van der Waals surface area contributed by atoms with Gasteiger partial charge in [0.25, 0.3) is 0 Å². The molecule has 2 aliphatic rings. The second-order valence-electron chi connectivity index (χ2n) is 16.3. The maximum absolute atomic E-state index is 4.95. The van der Waals surface area contributed by atoms with Crippen LogP contribution in [0.25, 0.3) is 89.7 Å². The number of hydrogen-bond acceptors (Lipinski definition) is 12. The molecule has 67 heavy (non-hydrogen) atoms. The Balaban J connectivity index is 0.000000198. The van der Waals surface area contributed by atoms with E-state index in [1.807, 2.05) is 97.1 Å². The van der Waals surface area contributed by atoms with Crippen LogP contribution in [-0.2, 0) is 29.9 Å². The van der Waals surface area contributed by atoms with Crippen molar-refractivity contribution in [2.24, 2.45) is 0 Å². The number of rotatable bonds is 15. The number of anilines is 1. The molecule has 0 atom stereocenters. The van der Waals surface area contributed by atoms with Crippen LogP contribution in [-0.4, -0.2) is 100 Å². The van der Waals surface area contributed by atoms with Crippen molar-refractivity contribution in [2.45, 2.75) is 66.7 Å². The minimum Gasteiger partial charge on any atom is -0.357 e. The zero-order valence-corrected chi connectivity index (χ0v) is 39.8. The molecule has 1 N–H and O–H groups in total. The zero-order chi connectivity index (χ0) is 45.4. The monoisotopic (exact) mass is 939 g/mol. The van der Waals surface area contributed by atoms with Crippen molar-refractivity contribution < 1.29 is 17.1 Å². The molecular weight excluding hydrogens is 884 g/mol. The van der Waals surface area contributed by atoms with Gasteiger partial charge < -0.3 is 45.0 Å². The Morgan fingerprint density at radius 2 is 0.791 bits per heavy atom. The molecule has 0 unspecified atom stereocenters. The average Bonchev–Trinajstić information content (AvgIpc) is 4.10. The molecule has 0 aliphatic carbocycles. The molecule has 1 radical (unpaired) electrons. The maximum atomic E-state index is 4.95. The zero-order valence-electron chi connectivity index (χ0n) is 38.8. The summed E-state index contributed by atoms with van der Waals surface area (Å²) in [4.78, 5) is 58.0. The second kappa shape index (κ2) is 21.9. The van der Waals surface area contributed by atoms with Gasteiger partial charge in [-0.3, -0.25) is 0 Å². The number of nitrogens with one attached hydrogen (secondary N) is 1. The number of aromatic nitrogens is 11. The van der Waals surface area contributed by atoms with Crippen LogP contribution in [0.1, 0.15) is 65.5 Å². The summed E-state index contributed by atoms with van der Waals surface area (Å²) in [6.45, 7) is 18.6. The van der Waals surface area contributed by atoms with Gasteiger partial charge in [-0.2, -0.15) is 9.97 Å². The van der Waals surface area contributed by atoms with Gasteiger partial charge in [-0.1, -0.05) is 132 Å². The number of aryl methyl sites for hydroxylation is 2. The Bertz CT molecular complexity index is 2780. The van der Waals surface area contributed by atoms with Crippen molar-refractivity contribution >= 4 is 50.1 Å². The van der Waals surface area contributed by atoms with E-state index in [0.29, 0.717) is 45.9 Å². The normalized spacial score (nSPS) is 11.6. The van der Waals surface area contributed by atoms with Crippen LogP contribution in [0.2, 0.25) is 0 Å². The van der Waals surface area contributed by atoms with Gasteiger partial charge in [0.15, 0.2) is 0 Å². The first-order valence-electron chi connectivity index (χ1n) is 23.5. The second-order valence-corrected chi connectivity index (χ2v) is 16.3. The van der Waals surface area contributed by atoms with E-state index >= 15 is 0 Å². The average molecular weight is 941 g/mol. The molecule has 0 saturated heterocycles. The minimum atomic E-state index is 0. The molecule has 0 saturated carbocycles. The van der Waals surface area contributed by atoms with Crippen LogP contribution in [0.5, 0.6) is 0 Å². The third kappa shape index (κ3) is 10.4. The Kier molecular flexibility index (Phi) is 15.3. The van der Waals surface area contributed by atoms with Crippen molar-refractivity contribution in [1.29, 1.82) is 0 Å². The third-order valence-corrected chi connectivity index (χ3v) is 12.2. The Morgan fingerprint density at radius 1 is 0.418 bits per heavy atom. The summed E-state index contributed by atoms with van der Waals surface area (Å²) in [6.07, 6.45) is 5.22. The van der Waals surface area contributed by atoms with Gasteiger partial charge in [0, 0.05) is 64.2 Å². The number of nitrogens with zero attached hydrogens (tertiary/aromatic N) is 13. The van der Waals surface area contributed by atoms with Crippen LogP contribution in [0.3, 0.4) is 0 Å². The van der Waals surface area contributed by atoms with Crippen LogP contribution < -0.4 is 15.3 Å². The molecule has 0 spiro atoms. The fourth-order valence-corrected chi connectivity index (χ4v) is 8.48. The molecule has 0 amide bonds. The molecule has 345 valence electrons. The van der Waals surface area contributed by atoms with Gasteiger partial charge in [0.1, 0.15) is 11.6 Å². The van der Waals surface area contributed by atoms with E-state index in [-0.39, 0.29) is 17.1 Å². The van der Waals surface area contributed by atoms with E-state index in [4.69, 9.17) is 39.9 Å². The summed E-state index contributed by atoms with van der Waals surface area (Å²) in [6, 6.07) is 31.8. The molecule has 14 nitrogen and oxygen atoms in total. The van der Waals surface area contributed by atoms with Gasteiger partial charge in [0.2, 0.25) is 5.95 Å². The smallest absolute Gasteiger partial charge is 0.357 e. The van der Waals surface area contributed by atoms with Gasteiger partial charge in [-0.05, 0) is 80.1 Å². The summed E-state index contributed by atoms with van der Waals surface area (Å²) in [5, 5.41) is 6.97. The minimum absolute atomic E-state index is 0. The van der Waals surface area contributed by atoms with Crippen molar-refractivity contribution in [1.82, 2.24) is 64.6 Å². The maximum Gasteiger partial charge on any atom is 2.00 e. The Morgan fingerprint density at radius 3 is 1.18 bits per heavy atom. The molecule has 0 fully saturated rings. The SMILES string of the molecule is CCc1nc(CCCCN(CC)CC)nc(NCCCN(CC)CC)n1.[Cu+2].c1ccc2c(c1)-c1nc-2nc2[n-]c(nc3nc(nc4[n-]c(n1)c1ccccc41)-c1ccccc1-3)c1ccccc21. The largest absolute Gasteiger partial charge is 2.00 e. The first-order valence-corrected chi connectivity index (χ1v) is 23.5. The predicted octanol–water partition coefficient (Wildman–Crippen LogP) is 9.37. The van der Waals surface area contributed by atoms with Crippen LogP contribution in [0.15, 0.2) is 97.1 Å². The molecule has 15 heteroatoms. The summed E-state index contributed by atoms with van der Waals surface area (Å²) >= 11 is 0. The molecular formula is C52H56CuN14. The van der Waals surface area contributed by atoms with E-state index in [0.717, 1.165) is 133 Å². The van der Waals surface area contributed by atoms with Gasteiger partial charge in [0.05, 0.1) is 23.3 Å². The molecule has 10 rings (SSSR count). The predicted molar refractivity (Wildman–Crippen MR) is 265 cm³/mol. The summed E-state index contributed by atoms with van der Waals surface area (Å²) in [5.74, 6) is 4.78. The number of fused-ring (bicyclic) bond motifs is 20. The summed E-state index contributed by atoms with van der Waals surface area (Å²) < 4.78 is 0. The van der Waals surface area contributed by atoms with Crippen molar-refractivity contribution in [2.75, 3.05) is 51.1 Å². The van der Waals surface area contributed by atoms with Gasteiger partial charge in [-0.25, -0.2) is 15.0 Å². The van der Waals surface area contributed by atoms with Crippen molar-refractivity contribution in [3.8, 4) is 45.6 Å². The molecule has 6 heterocycles. The molecule has 8 aromatic rings. The Hall–Kier alpha value is -6.51. The first-order chi connectivity index (χ1) is 32.5. The van der Waals surface area contributed by atoms with Crippen molar-refractivity contribution in [3.05, 3.63) is 109 Å². The van der Waals surface area contributed by atoms with E-state index in [1.165, 1.54) is 6.42 Å². The van der Waals surface area contributed by atoms with Gasteiger partial charge in [-0.15, -0.1) is 0 Å². The molecule has 8 bridgehead atoms. The third-order valence-electron chi connectivity index (χ3n) is 12.2. The van der Waals surface area contributed by atoms with Crippen LogP contribution >= 0.6 is 0 Å².